The van der Waals surface area contributed by atoms with Crippen LogP contribution in [0.25, 0.3) is 0 Å². The molecule has 0 bridgehead atoms. The largest absolute Gasteiger partial charge is 0.489 e. The predicted molar refractivity (Wildman–Crippen MR) is 124 cm³/mol. The number of nitrogens with zero attached hydrogens (tertiary/aromatic N) is 1. The van der Waals surface area contributed by atoms with Gasteiger partial charge in [0.05, 0.1) is 13.2 Å². The van der Waals surface area contributed by atoms with E-state index in [0.29, 0.717) is 13.2 Å². The van der Waals surface area contributed by atoms with E-state index in [-0.39, 0.29) is 0 Å². The second-order valence-corrected chi connectivity index (χ2v) is 7.92. The highest BCUT2D eigenvalue weighted by molar-refractivity contribution is 5.39. The van der Waals surface area contributed by atoms with Gasteiger partial charge in [0, 0.05) is 19.2 Å². The standard InChI is InChI=1S/C27H31NO3/c1-3-8-23(9-4-1)21-30-26-18-25(12-7-13-28-14-16-29-17-15-28)19-27(20-26)31-22-24-10-5-2-6-11-24/h1-6,8-11,18-20H,7,12-17,21-22H2. The molecule has 0 amide bonds. The fraction of sp³-hybridized carbons (Fsp3) is 0.333. The normalized spacial score (nSPS) is 14.3. The Bertz CT molecular complexity index is 847. The van der Waals surface area contributed by atoms with Gasteiger partial charge in [-0.15, -0.1) is 0 Å². The lowest BCUT2D eigenvalue weighted by Crippen LogP contribution is -2.36. The molecular weight excluding hydrogens is 386 g/mol. The van der Waals surface area contributed by atoms with Gasteiger partial charge in [-0.2, -0.15) is 0 Å². The number of rotatable bonds is 10. The van der Waals surface area contributed by atoms with Gasteiger partial charge in [-0.25, -0.2) is 0 Å². The number of hydrogen-bond acceptors (Lipinski definition) is 4. The van der Waals surface area contributed by atoms with E-state index in [1.165, 1.54) is 5.56 Å². The third-order valence-corrected chi connectivity index (χ3v) is 5.48. The van der Waals surface area contributed by atoms with Crippen molar-refractivity contribution < 1.29 is 14.2 Å². The van der Waals surface area contributed by atoms with E-state index in [4.69, 9.17) is 14.2 Å². The first-order chi connectivity index (χ1) is 15.3. The van der Waals surface area contributed by atoms with Gasteiger partial charge < -0.3 is 14.2 Å². The molecule has 0 N–H and O–H groups in total. The highest BCUT2D eigenvalue weighted by atomic mass is 16.5. The van der Waals surface area contributed by atoms with Crippen LogP contribution in [0.4, 0.5) is 0 Å². The highest BCUT2D eigenvalue weighted by Gasteiger charge is 2.10. The Morgan fingerprint density at radius 1 is 0.677 bits per heavy atom. The highest BCUT2D eigenvalue weighted by Crippen LogP contribution is 2.26. The van der Waals surface area contributed by atoms with E-state index in [1.807, 2.05) is 42.5 Å². The van der Waals surface area contributed by atoms with E-state index in [2.05, 4.69) is 41.3 Å². The van der Waals surface area contributed by atoms with Gasteiger partial charge in [0.15, 0.2) is 0 Å². The average Bonchev–Trinajstić information content (AvgIpc) is 2.83. The molecular formula is C27H31NO3. The van der Waals surface area contributed by atoms with Crippen LogP contribution in [0.3, 0.4) is 0 Å². The molecule has 1 heterocycles. The Labute approximate surface area is 185 Å². The average molecular weight is 418 g/mol. The second-order valence-electron chi connectivity index (χ2n) is 7.92. The van der Waals surface area contributed by atoms with E-state index in [9.17, 15) is 0 Å². The molecule has 3 aromatic carbocycles. The van der Waals surface area contributed by atoms with Crippen LogP contribution in [0, 0.1) is 0 Å². The minimum absolute atomic E-state index is 0.552. The third-order valence-electron chi connectivity index (χ3n) is 5.48. The Balaban J connectivity index is 1.40. The van der Waals surface area contributed by atoms with Gasteiger partial charge in [0.2, 0.25) is 0 Å². The van der Waals surface area contributed by atoms with Crippen LogP contribution in [0.2, 0.25) is 0 Å². The molecule has 162 valence electrons. The van der Waals surface area contributed by atoms with Crippen LogP contribution in [-0.4, -0.2) is 37.7 Å². The molecule has 4 rings (SSSR count). The summed E-state index contributed by atoms with van der Waals surface area (Å²) >= 11 is 0. The molecule has 4 heteroatoms. The van der Waals surface area contributed by atoms with Crippen molar-refractivity contribution in [1.82, 2.24) is 4.90 Å². The number of hydrogen-bond donors (Lipinski definition) is 0. The SMILES string of the molecule is c1ccc(COc2cc(CCCN3CCOCC3)cc(OCc3ccccc3)c2)cc1. The second kappa shape index (κ2) is 11.5. The monoisotopic (exact) mass is 417 g/mol. The molecule has 0 unspecified atom stereocenters. The number of benzene rings is 3. The molecule has 1 fully saturated rings. The summed E-state index contributed by atoms with van der Waals surface area (Å²) < 4.78 is 17.7. The first-order valence-electron chi connectivity index (χ1n) is 11.1. The quantitative estimate of drug-likeness (QED) is 0.459. The molecule has 4 nitrogen and oxygen atoms in total. The van der Waals surface area contributed by atoms with Gasteiger partial charge in [-0.3, -0.25) is 4.90 Å². The fourth-order valence-corrected chi connectivity index (χ4v) is 3.76. The zero-order valence-corrected chi connectivity index (χ0v) is 18.0. The van der Waals surface area contributed by atoms with E-state index < -0.39 is 0 Å². The summed E-state index contributed by atoms with van der Waals surface area (Å²) in [7, 11) is 0. The maximum atomic E-state index is 6.11. The number of aryl methyl sites for hydroxylation is 1. The summed E-state index contributed by atoms with van der Waals surface area (Å²) in [5.74, 6) is 1.71. The molecule has 0 saturated carbocycles. The first kappa shape index (κ1) is 21.4. The molecule has 0 atom stereocenters. The molecule has 0 aliphatic carbocycles. The van der Waals surface area contributed by atoms with E-state index in [1.54, 1.807) is 0 Å². The minimum atomic E-state index is 0.552. The van der Waals surface area contributed by atoms with Crippen molar-refractivity contribution >= 4 is 0 Å². The van der Waals surface area contributed by atoms with Gasteiger partial charge in [-0.1, -0.05) is 60.7 Å². The van der Waals surface area contributed by atoms with Crippen molar-refractivity contribution in [2.75, 3.05) is 32.8 Å². The lowest BCUT2D eigenvalue weighted by atomic mass is 10.1. The molecule has 31 heavy (non-hydrogen) atoms. The molecule has 3 aromatic rings. The van der Waals surface area contributed by atoms with Gasteiger partial charge in [0.1, 0.15) is 24.7 Å². The molecule has 1 aliphatic rings. The molecule has 1 aliphatic heterocycles. The van der Waals surface area contributed by atoms with Crippen LogP contribution in [0.15, 0.2) is 78.9 Å². The number of ether oxygens (including phenoxy) is 3. The summed E-state index contributed by atoms with van der Waals surface area (Å²) in [5, 5.41) is 0. The zero-order valence-electron chi connectivity index (χ0n) is 18.0. The zero-order chi connectivity index (χ0) is 21.1. The van der Waals surface area contributed by atoms with Crippen LogP contribution < -0.4 is 9.47 Å². The minimum Gasteiger partial charge on any atom is -0.489 e. The van der Waals surface area contributed by atoms with Crippen LogP contribution in [0.1, 0.15) is 23.1 Å². The molecule has 1 saturated heterocycles. The number of morpholine rings is 1. The third kappa shape index (κ3) is 7.12. The molecule has 0 spiro atoms. The first-order valence-corrected chi connectivity index (χ1v) is 11.1. The molecule has 0 radical (unpaired) electrons. The predicted octanol–water partition coefficient (Wildman–Crippen LogP) is 5.11. The van der Waals surface area contributed by atoms with Gasteiger partial charge in [0.25, 0.3) is 0 Å². The summed E-state index contributed by atoms with van der Waals surface area (Å²) in [4.78, 5) is 2.48. The lowest BCUT2D eigenvalue weighted by Gasteiger charge is -2.26. The van der Waals surface area contributed by atoms with Crippen molar-refractivity contribution in [3.63, 3.8) is 0 Å². The van der Waals surface area contributed by atoms with Crippen LogP contribution >= 0.6 is 0 Å². The molecule has 0 aromatic heterocycles. The van der Waals surface area contributed by atoms with E-state index in [0.717, 1.165) is 68.3 Å². The summed E-state index contributed by atoms with van der Waals surface area (Å²) in [6.07, 6.45) is 2.11. The van der Waals surface area contributed by atoms with Gasteiger partial charge in [-0.05, 0) is 48.2 Å². The Kier molecular flexibility index (Phi) is 7.97. The van der Waals surface area contributed by atoms with Crippen molar-refractivity contribution in [1.29, 1.82) is 0 Å². The van der Waals surface area contributed by atoms with Crippen molar-refractivity contribution in [3.05, 3.63) is 95.6 Å². The Morgan fingerprint density at radius 3 is 1.77 bits per heavy atom. The summed E-state index contributed by atoms with van der Waals surface area (Å²) in [5.41, 5.74) is 3.57. The lowest BCUT2D eigenvalue weighted by molar-refractivity contribution is 0.0374. The van der Waals surface area contributed by atoms with Gasteiger partial charge >= 0.3 is 0 Å². The maximum Gasteiger partial charge on any atom is 0.123 e. The van der Waals surface area contributed by atoms with Crippen LogP contribution in [-0.2, 0) is 24.4 Å². The van der Waals surface area contributed by atoms with Crippen LogP contribution in [0.5, 0.6) is 11.5 Å². The Morgan fingerprint density at radius 2 is 1.23 bits per heavy atom. The smallest absolute Gasteiger partial charge is 0.123 e. The topological polar surface area (TPSA) is 30.9 Å². The van der Waals surface area contributed by atoms with E-state index >= 15 is 0 Å². The van der Waals surface area contributed by atoms with Crippen molar-refractivity contribution in [2.24, 2.45) is 0 Å². The maximum absolute atomic E-state index is 6.11. The summed E-state index contributed by atoms with van der Waals surface area (Å²) in [6.45, 7) is 5.96. The summed E-state index contributed by atoms with van der Waals surface area (Å²) in [6, 6.07) is 26.8. The van der Waals surface area contributed by atoms with Crippen molar-refractivity contribution in [2.45, 2.75) is 26.1 Å². The Hall–Kier alpha value is -2.82. The van der Waals surface area contributed by atoms with Crippen molar-refractivity contribution in [3.8, 4) is 11.5 Å². The fourth-order valence-electron chi connectivity index (χ4n) is 3.76.